The molecule has 394 valence electrons. The Morgan fingerprint density at radius 3 is 1.76 bits per heavy atom. The smallest absolute Gasteiger partial charge is 0.402 e. The van der Waals surface area contributed by atoms with Gasteiger partial charge in [0, 0.05) is 120 Å². The molecule has 18 N–H and O–H groups in total. The molecule has 0 fully saturated rings. The van der Waals surface area contributed by atoms with Gasteiger partial charge >= 0.3 is 8.17 Å². The van der Waals surface area contributed by atoms with Gasteiger partial charge in [0.15, 0.2) is 0 Å². The lowest BCUT2D eigenvalue weighted by atomic mass is 9.57. The standard InChI is InChI=1S/C48H76N11O11P/c1-23(70-71(67,68)69)22-56-39(66)16-17-46(7)30(18-36(52)63)42-26(4)47(8,20-37(53)64)28(11-14-34(50)61)40(55)24(2)43-48(9,21-38(54)65)27(10-13-33(49)60)31(57-43)19-32-45(5,6)29(12-15-35(51)62)41(58-32)25(3)44(46)59-42/h19,23,26-30,42,67-69H,10-18,20-22H2,1-9H3,(H14-,49,50,51,52,53,54,55,56,57,58,59,60,61,62,63,64,65,66)/p+1/t23-,26-,27-,28+,29-,30+,42+,46-,47-,48+/m1/s1. The summed E-state index contributed by atoms with van der Waals surface area (Å²) in [6.45, 7) is 16.1. The number of allylic oxidation sites excluding steroid dienone is 6. The van der Waals surface area contributed by atoms with Crippen LogP contribution >= 0.6 is 8.17 Å². The summed E-state index contributed by atoms with van der Waals surface area (Å²) in [6, 6.07) is -0.845. The number of rotatable bonds is 22. The summed E-state index contributed by atoms with van der Waals surface area (Å²) >= 11 is 0. The van der Waals surface area contributed by atoms with Crippen LogP contribution in [0, 0.1) is 51.2 Å². The van der Waals surface area contributed by atoms with Crippen LogP contribution in [0.25, 0.3) is 0 Å². The first-order chi connectivity index (χ1) is 32.6. The van der Waals surface area contributed by atoms with Crippen molar-refractivity contribution in [2.75, 3.05) is 6.54 Å². The fraction of sp³-hybridized carbons (Fsp3) is 0.667. The Balaban J connectivity index is 2.21. The zero-order chi connectivity index (χ0) is 53.9. The fourth-order valence-corrected chi connectivity index (χ4v) is 12.5. The summed E-state index contributed by atoms with van der Waals surface area (Å²) < 4.78 is 4.82. The minimum Gasteiger partial charge on any atom is -0.402 e. The summed E-state index contributed by atoms with van der Waals surface area (Å²) in [5.41, 5.74) is 42.0. The SMILES string of the molecule is C/C1=C2N=C(/C=C3N=C(/C(C)=C(/N)[C@H](CCC(N)=O)[C@](C)(CC(N)=O)[C@H](C)[C@@H]4N=C1[C@](C)(CCC(=O)NC[C@@H](C)O[P+](O)(O)O)[C@H]4CC(N)=O)[C@@](C)(CC(N)=O)[C@@H]/3CCC(N)=O)C(C)(C)[C@@H]/2CCC(N)=O. The van der Waals surface area contributed by atoms with Gasteiger partial charge in [-0.05, 0) is 75.0 Å². The summed E-state index contributed by atoms with van der Waals surface area (Å²) in [4.78, 5) is 136. The van der Waals surface area contributed by atoms with Crippen LogP contribution in [0.2, 0.25) is 0 Å². The maximum atomic E-state index is 13.7. The average molecular weight is 1020 g/mol. The first-order valence-corrected chi connectivity index (χ1v) is 25.5. The molecule has 0 unspecified atom stereocenters. The topological polar surface area (TPSA) is 421 Å². The van der Waals surface area contributed by atoms with Crippen LogP contribution in [0.5, 0.6) is 0 Å². The van der Waals surface area contributed by atoms with Crippen molar-refractivity contribution in [2.45, 2.75) is 145 Å². The van der Waals surface area contributed by atoms with E-state index in [1.807, 2.05) is 54.5 Å². The number of aliphatic imine (C=N–C) groups is 3. The van der Waals surface area contributed by atoms with Gasteiger partial charge in [-0.1, -0.05) is 41.5 Å². The van der Waals surface area contributed by atoms with Crippen molar-refractivity contribution in [2.24, 2.45) is 106 Å². The molecule has 4 aliphatic rings. The Morgan fingerprint density at radius 1 is 0.718 bits per heavy atom. The molecule has 0 aromatic rings. The molecule has 23 heteroatoms. The number of nitrogens with zero attached hydrogens (tertiary/aromatic N) is 3. The highest BCUT2D eigenvalue weighted by molar-refractivity contribution is 7.53. The molecule has 4 heterocycles. The van der Waals surface area contributed by atoms with E-state index in [-0.39, 0.29) is 82.9 Å². The number of amides is 7. The van der Waals surface area contributed by atoms with Gasteiger partial charge in [0.2, 0.25) is 41.4 Å². The highest BCUT2D eigenvalue weighted by Crippen LogP contribution is 2.58. The summed E-state index contributed by atoms with van der Waals surface area (Å²) in [6.07, 6.45) is 0.113. The van der Waals surface area contributed by atoms with Crippen LogP contribution in [0.4, 0.5) is 0 Å². The Kier molecular flexibility index (Phi) is 18.1. The van der Waals surface area contributed by atoms with Gasteiger partial charge in [-0.3, -0.25) is 48.5 Å². The lowest BCUT2D eigenvalue weighted by Gasteiger charge is -2.47. The van der Waals surface area contributed by atoms with Gasteiger partial charge < -0.3 is 45.5 Å². The van der Waals surface area contributed by atoms with E-state index in [0.29, 0.717) is 39.7 Å². The maximum Gasteiger partial charge on any atom is 0.567 e. The highest BCUT2D eigenvalue weighted by atomic mass is 31.2. The third-order valence-corrected chi connectivity index (χ3v) is 16.6. The minimum atomic E-state index is -4.61. The summed E-state index contributed by atoms with van der Waals surface area (Å²) in [5, 5.41) is 2.70. The van der Waals surface area contributed by atoms with Crippen molar-refractivity contribution in [3.05, 3.63) is 34.3 Å². The molecule has 0 radical (unpaired) electrons. The molecule has 7 amide bonds. The fourth-order valence-electron chi connectivity index (χ4n) is 12.0. The van der Waals surface area contributed by atoms with Crippen LogP contribution in [-0.2, 0) is 38.1 Å². The van der Waals surface area contributed by atoms with Crippen molar-refractivity contribution in [3.8, 4) is 0 Å². The monoisotopic (exact) mass is 1010 g/mol. The molecule has 22 nitrogen and oxygen atoms in total. The summed E-state index contributed by atoms with van der Waals surface area (Å²) in [5.74, 6) is -7.78. The van der Waals surface area contributed by atoms with Crippen LogP contribution in [0.1, 0.15) is 133 Å². The van der Waals surface area contributed by atoms with Gasteiger partial charge in [0.1, 0.15) is 6.10 Å². The molecule has 6 bridgehead atoms. The quantitative estimate of drug-likeness (QED) is 0.0690. The number of hydrogen-bond donors (Lipinski definition) is 11. The van der Waals surface area contributed by atoms with Crippen molar-refractivity contribution in [3.63, 3.8) is 0 Å². The molecule has 0 aromatic carbocycles. The van der Waals surface area contributed by atoms with Crippen LogP contribution in [0.15, 0.2) is 49.3 Å². The lowest BCUT2D eigenvalue weighted by Crippen LogP contribution is -2.48. The number of primary amides is 6. The van der Waals surface area contributed by atoms with Crippen molar-refractivity contribution in [1.29, 1.82) is 0 Å². The molecular weight excluding hydrogens is 938 g/mol. The van der Waals surface area contributed by atoms with E-state index in [4.69, 9.17) is 59.6 Å². The molecule has 0 aromatic heterocycles. The molecule has 4 rings (SSSR count). The number of nitrogens with two attached hydrogens (primary N) is 7. The Morgan fingerprint density at radius 2 is 1.25 bits per heavy atom. The zero-order valence-electron chi connectivity index (χ0n) is 42.5. The Labute approximate surface area is 415 Å². The van der Waals surface area contributed by atoms with Crippen molar-refractivity contribution >= 4 is 66.7 Å². The third kappa shape index (κ3) is 13.0. The number of fused-ring (bicyclic) bond motifs is 3. The van der Waals surface area contributed by atoms with Gasteiger partial charge in [0.05, 0.1) is 11.8 Å². The van der Waals surface area contributed by atoms with E-state index in [2.05, 4.69) is 5.32 Å². The maximum absolute atomic E-state index is 13.7. The Bertz CT molecular complexity index is 2370. The van der Waals surface area contributed by atoms with Gasteiger partial charge in [-0.2, -0.15) is 14.7 Å². The number of nitrogens with one attached hydrogen (secondary N) is 1. The molecule has 4 aliphatic heterocycles. The highest BCUT2D eigenvalue weighted by Gasteiger charge is 2.57. The second-order valence-corrected chi connectivity index (χ2v) is 22.6. The van der Waals surface area contributed by atoms with E-state index in [0.717, 1.165) is 0 Å². The third-order valence-electron chi connectivity index (χ3n) is 15.9. The Hall–Kier alpha value is -5.41. The molecule has 10 atom stereocenters. The van der Waals surface area contributed by atoms with E-state index >= 15 is 0 Å². The second-order valence-electron chi connectivity index (χ2n) is 21.4. The van der Waals surface area contributed by atoms with Crippen LogP contribution in [0.3, 0.4) is 0 Å². The molecule has 0 saturated carbocycles. The molecule has 0 aliphatic carbocycles. The second kappa shape index (κ2) is 22.1. The summed E-state index contributed by atoms with van der Waals surface area (Å²) in [7, 11) is -4.61. The van der Waals surface area contributed by atoms with Gasteiger partial charge in [-0.25, -0.2) is 0 Å². The largest absolute Gasteiger partial charge is 0.567 e. The first kappa shape index (κ1) is 58.2. The molecule has 0 spiro atoms. The molecule has 0 saturated heterocycles. The average Bonchev–Trinajstić information content (AvgIpc) is 3.76. The van der Waals surface area contributed by atoms with E-state index in [9.17, 15) is 48.2 Å². The van der Waals surface area contributed by atoms with Gasteiger partial charge in [0.25, 0.3) is 0 Å². The zero-order valence-corrected chi connectivity index (χ0v) is 43.4. The molecule has 71 heavy (non-hydrogen) atoms. The molecular formula is C48H77N11O11P+. The lowest BCUT2D eigenvalue weighted by molar-refractivity contribution is -0.124. The van der Waals surface area contributed by atoms with Crippen LogP contribution in [-0.4, -0.2) is 91.9 Å². The van der Waals surface area contributed by atoms with E-state index in [1.54, 1.807) is 6.92 Å². The first-order valence-electron chi connectivity index (χ1n) is 24.0. The number of hydrogen-bond acceptors (Lipinski definition) is 15. The minimum absolute atomic E-state index is 0.0190. The van der Waals surface area contributed by atoms with Gasteiger partial charge in [-0.15, -0.1) is 4.52 Å². The predicted octanol–water partition coefficient (Wildman–Crippen LogP) is 1.65. The predicted molar refractivity (Wildman–Crippen MR) is 268 cm³/mol. The van der Waals surface area contributed by atoms with E-state index in [1.165, 1.54) is 6.92 Å². The number of carbonyl (C=O) groups excluding carboxylic acids is 7. The normalized spacial score (nSPS) is 32.7. The van der Waals surface area contributed by atoms with Crippen molar-refractivity contribution in [1.82, 2.24) is 5.32 Å². The van der Waals surface area contributed by atoms with Crippen molar-refractivity contribution < 1.29 is 52.8 Å². The number of carbonyl (C=O) groups is 7. The van der Waals surface area contributed by atoms with Crippen LogP contribution < -0.4 is 45.5 Å². The van der Waals surface area contributed by atoms with E-state index < -0.39 is 113 Å².